The Morgan fingerprint density at radius 3 is 2.55 bits per heavy atom. The van der Waals surface area contributed by atoms with E-state index in [2.05, 4.69) is 20.9 Å². The highest BCUT2D eigenvalue weighted by molar-refractivity contribution is 5.92. The molecule has 3 aliphatic heterocycles. The largest absolute Gasteiger partial charge is 0.497 e. The molecule has 2 amide bonds. The van der Waals surface area contributed by atoms with Crippen LogP contribution in [-0.4, -0.2) is 78.6 Å². The number of aryl methyl sites for hydroxylation is 1. The molecular formula is C31H39FN4O4. The van der Waals surface area contributed by atoms with Crippen molar-refractivity contribution < 1.29 is 23.8 Å². The van der Waals surface area contributed by atoms with Crippen LogP contribution < -0.4 is 10.1 Å². The number of hydrogen-bond acceptors (Lipinski definition) is 5. The molecule has 2 fully saturated rings. The number of carbonyl (C=O) groups is 1. The summed E-state index contributed by atoms with van der Waals surface area (Å²) in [6.07, 6.45) is 4.08. The number of ether oxygens (including phenoxy) is 2. The smallest absolute Gasteiger partial charge is 0.322 e. The molecule has 0 unspecified atom stereocenters. The summed E-state index contributed by atoms with van der Waals surface area (Å²) in [7, 11) is 3.68. The Bertz CT molecular complexity index is 1360. The van der Waals surface area contributed by atoms with E-state index in [1.807, 2.05) is 19.2 Å². The predicted molar refractivity (Wildman–Crippen MR) is 152 cm³/mol. The number of hydrogen-bond donors (Lipinski definition) is 2. The molecule has 8 nitrogen and oxygen atoms in total. The third kappa shape index (κ3) is 4.84. The number of benzene rings is 2. The summed E-state index contributed by atoms with van der Waals surface area (Å²) in [4.78, 5) is 18.1. The first-order valence-electron chi connectivity index (χ1n) is 14.3. The fraction of sp³-hybridized carbons (Fsp3) is 0.516. The third-order valence-electron chi connectivity index (χ3n) is 9.35. The Balaban J connectivity index is 1.37. The number of carbonyl (C=O) groups excluding carboxylic acids is 1. The van der Waals surface area contributed by atoms with Gasteiger partial charge in [0.05, 0.1) is 25.3 Å². The minimum atomic E-state index is -0.510. The number of nitrogens with one attached hydrogen (secondary N) is 1. The first-order valence-corrected chi connectivity index (χ1v) is 14.3. The van der Waals surface area contributed by atoms with Crippen molar-refractivity contribution >= 4 is 22.6 Å². The van der Waals surface area contributed by atoms with Crippen LogP contribution in [0.25, 0.3) is 10.9 Å². The van der Waals surface area contributed by atoms with Crippen LogP contribution in [-0.2, 0) is 17.2 Å². The molecular weight excluding hydrogens is 511 g/mol. The van der Waals surface area contributed by atoms with Gasteiger partial charge in [0, 0.05) is 61.6 Å². The summed E-state index contributed by atoms with van der Waals surface area (Å²) >= 11 is 0. The lowest BCUT2D eigenvalue weighted by Crippen LogP contribution is -2.56. The average Bonchev–Trinajstić information content (AvgIpc) is 3.28. The number of anilines is 1. The first kappa shape index (κ1) is 27.1. The molecule has 1 atom stereocenters. The van der Waals surface area contributed by atoms with E-state index in [1.54, 1.807) is 24.1 Å². The summed E-state index contributed by atoms with van der Waals surface area (Å²) < 4.78 is 26.7. The highest BCUT2D eigenvalue weighted by Gasteiger charge is 2.49. The van der Waals surface area contributed by atoms with Crippen LogP contribution >= 0.6 is 0 Å². The number of piperidine rings is 1. The van der Waals surface area contributed by atoms with Gasteiger partial charge in [0.15, 0.2) is 0 Å². The summed E-state index contributed by atoms with van der Waals surface area (Å²) in [6, 6.07) is 11.2. The monoisotopic (exact) mass is 550 g/mol. The fourth-order valence-corrected chi connectivity index (χ4v) is 7.17. The number of rotatable bonds is 5. The molecule has 9 heteroatoms. The zero-order valence-corrected chi connectivity index (χ0v) is 23.4. The van der Waals surface area contributed by atoms with E-state index in [-0.39, 0.29) is 23.9 Å². The number of aliphatic hydroxyl groups excluding tert-OH is 1. The maximum Gasteiger partial charge on any atom is 0.322 e. The van der Waals surface area contributed by atoms with Crippen molar-refractivity contribution in [1.29, 1.82) is 0 Å². The molecule has 2 N–H and O–H groups in total. The normalized spacial score (nSPS) is 21.5. The summed E-state index contributed by atoms with van der Waals surface area (Å²) in [5.74, 6) is 1.09. The first-order chi connectivity index (χ1) is 19.4. The van der Waals surface area contributed by atoms with Crippen LogP contribution in [0.1, 0.15) is 43.0 Å². The molecule has 214 valence electrons. The Kier molecular flexibility index (Phi) is 7.46. The highest BCUT2D eigenvalue weighted by Crippen LogP contribution is 2.50. The number of methoxy groups -OCH3 is 1. The maximum absolute atomic E-state index is 13.8. The second kappa shape index (κ2) is 11.0. The minimum absolute atomic E-state index is 0.197. The van der Waals surface area contributed by atoms with Crippen LogP contribution in [0, 0.1) is 11.7 Å². The molecule has 4 heterocycles. The van der Waals surface area contributed by atoms with Crippen LogP contribution in [0.15, 0.2) is 42.5 Å². The molecule has 3 aromatic rings. The number of halogens is 1. The van der Waals surface area contributed by atoms with Gasteiger partial charge in [-0.2, -0.15) is 0 Å². The molecule has 1 spiro atoms. The van der Waals surface area contributed by atoms with Gasteiger partial charge in [-0.15, -0.1) is 0 Å². The molecule has 0 radical (unpaired) electrons. The van der Waals surface area contributed by atoms with Gasteiger partial charge in [-0.05, 0) is 86.7 Å². The molecule has 3 aliphatic rings. The zero-order valence-electron chi connectivity index (χ0n) is 23.4. The van der Waals surface area contributed by atoms with Gasteiger partial charge in [0.2, 0.25) is 0 Å². The quantitative estimate of drug-likeness (QED) is 0.483. The van der Waals surface area contributed by atoms with Crippen LogP contribution in [0.5, 0.6) is 5.75 Å². The Morgan fingerprint density at radius 1 is 1.15 bits per heavy atom. The molecule has 40 heavy (non-hydrogen) atoms. The lowest BCUT2D eigenvalue weighted by atomic mass is 9.68. The molecule has 0 saturated carbocycles. The standard InChI is InChI=1S/C31H39FN4O4/c1-34-26-17-24(39-2)7-8-25(26)28-29(34)27(19-37)36(30(38)33-23-5-3-22(32)4-6-23)20-31(28)11-13-35(14-12-31)18-21-9-15-40-16-10-21/h3-8,17,21,27,37H,9-16,18-20H2,1-2H3,(H,33,38)/t27-/m1/s1. The molecule has 0 aliphatic carbocycles. The second-order valence-corrected chi connectivity index (χ2v) is 11.6. The van der Waals surface area contributed by atoms with Gasteiger partial charge >= 0.3 is 6.03 Å². The average molecular weight is 551 g/mol. The number of likely N-dealkylation sites (tertiary alicyclic amines) is 1. The molecule has 0 bridgehead atoms. The topological polar surface area (TPSA) is 79.2 Å². The number of fused-ring (bicyclic) bond motifs is 4. The zero-order chi connectivity index (χ0) is 27.9. The Hall–Kier alpha value is -3.14. The van der Waals surface area contributed by atoms with Crippen molar-refractivity contribution in [1.82, 2.24) is 14.4 Å². The van der Waals surface area contributed by atoms with Gasteiger partial charge in [0.1, 0.15) is 11.6 Å². The van der Waals surface area contributed by atoms with E-state index in [1.165, 1.54) is 17.7 Å². The van der Waals surface area contributed by atoms with Crippen LogP contribution in [0.2, 0.25) is 0 Å². The summed E-state index contributed by atoms with van der Waals surface area (Å²) in [6.45, 7) is 5.03. The lowest BCUT2D eigenvalue weighted by molar-refractivity contribution is 0.0361. The molecule has 1 aromatic heterocycles. The lowest BCUT2D eigenvalue weighted by Gasteiger charge is -2.50. The number of aliphatic hydroxyl groups is 1. The van der Waals surface area contributed by atoms with Crippen molar-refractivity contribution in [2.45, 2.75) is 37.1 Å². The van der Waals surface area contributed by atoms with Crippen LogP contribution in [0.3, 0.4) is 0 Å². The molecule has 2 saturated heterocycles. The second-order valence-electron chi connectivity index (χ2n) is 11.6. The van der Waals surface area contributed by atoms with Crippen molar-refractivity contribution in [3.8, 4) is 5.75 Å². The number of aromatic nitrogens is 1. The fourth-order valence-electron chi connectivity index (χ4n) is 7.17. The summed E-state index contributed by atoms with van der Waals surface area (Å²) in [5.41, 5.74) is 3.54. The third-order valence-corrected chi connectivity index (χ3v) is 9.35. The van der Waals surface area contributed by atoms with Crippen molar-refractivity contribution in [2.75, 3.05) is 58.4 Å². The van der Waals surface area contributed by atoms with Gasteiger partial charge in [0.25, 0.3) is 0 Å². The Labute approximate surface area is 234 Å². The van der Waals surface area contributed by atoms with E-state index >= 15 is 0 Å². The molecule has 2 aromatic carbocycles. The molecule has 6 rings (SSSR count). The van der Waals surface area contributed by atoms with E-state index in [0.717, 1.165) is 80.9 Å². The van der Waals surface area contributed by atoms with E-state index < -0.39 is 6.04 Å². The highest BCUT2D eigenvalue weighted by atomic mass is 19.1. The number of nitrogens with zero attached hydrogens (tertiary/aromatic N) is 3. The van der Waals surface area contributed by atoms with Crippen molar-refractivity contribution in [3.63, 3.8) is 0 Å². The van der Waals surface area contributed by atoms with Gasteiger partial charge in [-0.3, -0.25) is 0 Å². The van der Waals surface area contributed by atoms with Crippen molar-refractivity contribution in [3.05, 3.63) is 59.5 Å². The predicted octanol–water partition coefficient (Wildman–Crippen LogP) is 4.67. The number of amides is 2. The van der Waals surface area contributed by atoms with E-state index in [4.69, 9.17) is 9.47 Å². The number of urea groups is 1. The SMILES string of the molecule is COc1ccc2c3c(n(C)c2c1)[C@@H](CO)N(C(=O)Nc1ccc(F)cc1)CC31CCN(CC2CCOCC2)CC1. The Morgan fingerprint density at radius 2 is 1.88 bits per heavy atom. The minimum Gasteiger partial charge on any atom is -0.497 e. The van der Waals surface area contributed by atoms with Crippen LogP contribution in [0.4, 0.5) is 14.9 Å². The van der Waals surface area contributed by atoms with Crippen molar-refractivity contribution in [2.24, 2.45) is 13.0 Å². The van der Waals surface area contributed by atoms with Gasteiger partial charge < -0.3 is 34.3 Å². The van der Waals surface area contributed by atoms with E-state index in [9.17, 15) is 14.3 Å². The van der Waals surface area contributed by atoms with Gasteiger partial charge in [-0.25, -0.2) is 9.18 Å². The van der Waals surface area contributed by atoms with Gasteiger partial charge in [-0.1, -0.05) is 0 Å². The van der Waals surface area contributed by atoms with E-state index in [0.29, 0.717) is 18.2 Å². The summed E-state index contributed by atoms with van der Waals surface area (Å²) in [5, 5.41) is 14.8. The maximum atomic E-state index is 13.8.